The molecule has 0 heterocycles. The first kappa shape index (κ1) is 18.3. The Balaban J connectivity index is 2.04. The van der Waals surface area contributed by atoms with E-state index in [0.29, 0.717) is 16.4 Å². The second-order valence-electron chi connectivity index (χ2n) is 5.43. The van der Waals surface area contributed by atoms with Crippen LogP contribution in [0.15, 0.2) is 48.5 Å². The summed E-state index contributed by atoms with van der Waals surface area (Å²) in [5.74, 6) is -0.278. The zero-order valence-corrected chi connectivity index (χ0v) is 15.1. The Labute approximate surface area is 147 Å². The monoisotopic (exact) mass is 366 g/mol. The van der Waals surface area contributed by atoms with Gasteiger partial charge < -0.3 is 5.32 Å². The van der Waals surface area contributed by atoms with Gasteiger partial charge in [-0.25, -0.2) is 8.42 Å². The van der Waals surface area contributed by atoms with Gasteiger partial charge in [-0.2, -0.15) is 0 Å². The van der Waals surface area contributed by atoms with Gasteiger partial charge in [0.25, 0.3) is 0 Å². The predicted octanol–water partition coefficient (Wildman–Crippen LogP) is 3.44. The van der Waals surface area contributed by atoms with Crippen molar-refractivity contribution in [3.05, 3.63) is 59.1 Å². The van der Waals surface area contributed by atoms with Gasteiger partial charge in [-0.15, -0.1) is 0 Å². The molecule has 0 aliphatic heterocycles. The largest absolute Gasteiger partial charge is 0.326 e. The van der Waals surface area contributed by atoms with Crippen molar-refractivity contribution in [3.8, 4) is 0 Å². The Morgan fingerprint density at radius 3 is 2.42 bits per heavy atom. The van der Waals surface area contributed by atoms with Gasteiger partial charge in [-0.05, 0) is 36.8 Å². The maximum absolute atomic E-state index is 12.1. The van der Waals surface area contributed by atoms with E-state index < -0.39 is 10.0 Å². The molecular formula is C17H19ClN2O3S. The molecule has 0 aliphatic rings. The molecule has 0 fully saturated rings. The van der Waals surface area contributed by atoms with E-state index in [1.807, 2.05) is 13.0 Å². The third-order valence-electron chi connectivity index (χ3n) is 3.44. The first-order valence-electron chi connectivity index (χ1n) is 7.36. The van der Waals surface area contributed by atoms with Gasteiger partial charge >= 0.3 is 0 Å². The van der Waals surface area contributed by atoms with E-state index in [1.165, 1.54) is 4.31 Å². The van der Waals surface area contributed by atoms with Crippen molar-refractivity contribution in [1.29, 1.82) is 0 Å². The Bertz CT molecular complexity index is 823. The van der Waals surface area contributed by atoms with Crippen LogP contribution in [-0.2, 0) is 14.8 Å². The molecule has 128 valence electrons. The van der Waals surface area contributed by atoms with Crippen LogP contribution >= 0.6 is 11.6 Å². The molecule has 2 aromatic rings. The van der Waals surface area contributed by atoms with Crippen LogP contribution < -0.4 is 9.62 Å². The summed E-state index contributed by atoms with van der Waals surface area (Å²) in [6.07, 6.45) is 1.16. The summed E-state index contributed by atoms with van der Waals surface area (Å²) in [5.41, 5.74) is 2.04. The van der Waals surface area contributed by atoms with E-state index in [-0.39, 0.29) is 18.9 Å². The molecule has 24 heavy (non-hydrogen) atoms. The van der Waals surface area contributed by atoms with Gasteiger partial charge in [-0.3, -0.25) is 9.10 Å². The Morgan fingerprint density at radius 1 is 1.17 bits per heavy atom. The lowest BCUT2D eigenvalue weighted by Gasteiger charge is -2.22. The normalized spacial score (nSPS) is 11.1. The van der Waals surface area contributed by atoms with Crippen molar-refractivity contribution in [2.45, 2.75) is 13.3 Å². The average molecular weight is 367 g/mol. The van der Waals surface area contributed by atoms with Crippen molar-refractivity contribution in [2.24, 2.45) is 0 Å². The van der Waals surface area contributed by atoms with E-state index in [1.54, 1.807) is 42.5 Å². The van der Waals surface area contributed by atoms with Crippen molar-refractivity contribution < 1.29 is 13.2 Å². The highest BCUT2D eigenvalue weighted by Crippen LogP contribution is 2.21. The van der Waals surface area contributed by atoms with Crippen LogP contribution in [0.4, 0.5) is 11.4 Å². The Kier molecular flexibility index (Phi) is 5.85. The maximum Gasteiger partial charge on any atom is 0.232 e. The number of sulfonamides is 1. The SMILES string of the molecule is Cc1ccc(NC(=O)CCN(c2ccccc2)S(C)(=O)=O)cc1Cl. The maximum atomic E-state index is 12.1. The molecule has 0 radical (unpaired) electrons. The van der Waals surface area contributed by atoms with E-state index in [9.17, 15) is 13.2 Å². The van der Waals surface area contributed by atoms with Gasteiger partial charge in [-0.1, -0.05) is 35.9 Å². The van der Waals surface area contributed by atoms with Crippen LogP contribution in [-0.4, -0.2) is 27.1 Å². The fraction of sp³-hybridized carbons (Fsp3) is 0.235. The molecule has 0 atom stereocenters. The van der Waals surface area contributed by atoms with Crippen molar-refractivity contribution in [2.75, 3.05) is 22.4 Å². The van der Waals surface area contributed by atoms with E-state index >= 15 is 0 Å². The number of nitrogens with one attached hydrogen (secondary N) is 1. The molecule has 0 saturated heterocycles. The molecule has 7 heteroatoms. The highest BCUT2D eigenvalue weighted by atomic mass is 35.5. The molecule has 0 spiro atoms. The number of halogens is 1. The minimum atomic E-state index is -3.47. The number of carbonyl (C=O) groups is 1. The van der Waals surface area contributed by atoms with Gasteiger partial charge in [0, 0.05) is 23.7 Å². The molecule has 1 N–H and O–H groups in total. The zero-order chi connectivity index (χ0) is 17.7. The lowest BCUT2D eigenvalue weighted by Crippen LogP contribution is -2.33. The van der Waals surface area contributed by atoms with Crippen molar-refractivity contribution in [3.63, 3.8) is 0 Å². The van der Waals surface area contributed by atoms with Gasteiger partial charge in [0.1, 0.15) is 0 Å². The molecule has 5 nitrogen and oxygen atoms in total. The second-order valence-corrected chi connectivity index (χ2v) is 7.75. The number of carbonyl (C=O) groups excluding carboxylic acids is 1. The number of hydrogen-bond donors (Lipinski definition) is 1. The number of hydrogen-bond acceptors (Lipinski definition) is 3. The molecule has 0 aromatic heterocycles. The van der Waals surface area contributed by atoms with Crippen LogP contribution in [0.3, 0.4) is 0 Å². The molecule has 0 bridgehead atoms. The fourth-order valence-corrected chi connectivity index (χ4v) is 3.29. The third-order valence-corrected chi connectivity index (χ3v) is 5.04. The van der Waals surface area contributed by atoms with Crippen LogP contribution in [0.5, 0.6) is 0 Å². The summed E-state index contributed by atoms with van der Waals surface area (Å²) in [7, 11) is -3.47. The molecule has 0 unspecified atom stereocenters. The minimum Gasteiger partial charge on any atom is -0.326 e. The number of benzene rings is 2. The summed E-state index contributed by atoms with van der Waals surface area (Å²) in [4.78, 5) is 12.1. The fourth-order valence-electron chi connectivity index (χ4n) is 2.18. The molecule has 0 aliphatic carbocycles. The standard InChI is InChI=1S/C17H19ClN2O3S/c1-13-8-9-14(12-16(13)18)19-17(21)10-11-20(24(2,22)23)15-6-4-3-5-7-15/h3-9,12H,10-11H2,1-2H3,(H,19,21). The lowest BCUT2D eigenvalue weighted by molar-refractivity contribution is -0.116. The highest BCUT2D eigenvalue weighted by molar-refractivity contribution is 7.92. The quantitative estimate of drug-likeness (QED) is 0.851. The highest BCUT2D eigenvalue weighted by Gasteiger charge is 2.18. The minimum absolute atomic E-state index is 0.0352. The Hall–Kier alpha value is -2.05. The van der Waals surface area contributed by atoms with Crippen LogP contribution in [0.25, 0.3) is 0 Å². The molecule has 0 saturated carbocycles. The van der Waals surface area contributed by atoms with Crippen LogP contribution in [0.1, 0.15) is 12.0 Å². The number of aryl methyl sites for hydroxylation is 1. The summed E-state index contributed by atoms with van der Waals surface area (Å²) in [6.45, 7) is 1.94. The Morgan fingerprint density at radius 2 is 1.83 bits per heavy atom. The summed E-state index contributed by atoms with van der Waals surface area (Å²) in [5, 5.41) is 3.29. The first-order valence-corrected chi connectivity index (χ1v) is 9.59. The van der Waals surface area contributed by atoms with E-state index in [0.717, 1.165) is 11.8 Å². The topological polar surface area (TPSA) is 66.5 Å². The third kappa shape index (κ3) is 4.97. The lowest BCUT2D eigenvalue weighted by atomic mass is 10.2. The number of amides is 1. The smallest absolute Gasteiger partial charge is 0.232 e. The van der Waals surface area contributed by atoms with Gasteiger partial charge in [0.15, 0.2) is 0 Å². The average Bonchev–Trinajstić information content (AvgIpc) is 2.51. The van der Waals surface area contributed by atoms with E-state index in [2.05, 4.69) is 5.32 Å². The van der Waals surface area contributed by atoms with Crippen molar-refractivity contribution in [1.82, 2.24) is 0 Å². The van der Waals surface area contributed by atoms with Crippen molar-refractivity contribution >= 4 is 38.9 Å². The first-order chi connectivity index (χ1) is 11.3. The summed E-state index contributed by atoms with van der Waals surface area (Å²) in [6, 6.07) is 13.9. The second kappa shape index (κ2) is 7.68. The number of para-hydroxylation sites is 1. The number of rotatable bonds is 6. The van der Waals surface area contributed by atoms with Crippen LogP contribution in [0, 0.1) is 6.92 Å². The molecule has 2 aromatic carbocycles. The zero-order valence-electron chi connectivity index (χ0n) is 13.5. The van der Waals surface area contributed by atoms with Gasteiger partial charge in [0.05, 0.1) is 11.9 Å². The molecule has 1 amide bonds. The number of anilines is 2. The van der Waals surface area contributed by atoms with Crippen LogP contribution in [0.2, 0.25) is 5.02 Å². The summed E-state index contributed by atoms with van der Waals surface area (Å²) < 4.78 is 25.1. The predicted molar refractivity (Wildman–Crippen MR) is 98.1 cm³/mol. The summed E-state index contributed by atoms with van der Waals surface area (Å²) >= 11 is 6.03. The molecular weight excluding hydrogens is 348 g/mol. The van der Waals surface area contributed by atoms with E-state index in [4.69, 9.17) is 11.6 Å². The molecule has 2 rings (SSSR count). The number of nitrogens with zero attached hydrogens (tertiary/aromatic N) is 1. The van der Waals surface area contributed by atoms with Gasteiger partial charge in [0.2, 0.25) is 15.9 Å².